The number of halogens is 2. The van der Waals surface area contributed by atoms with E-state index in [2.05, 4.69) is 36.8 Å². The third-order valence-corrected chi connectivity index (χ3v) is 1.75. The van der Waals surface area contributed by atoms with Crippen LogP contribution in [-0.4, -0.2) is 4.98 Å². The summed E-state index contributed by atoms with van der Waals surface area (Å²) in [6.07, 6.45) is 3.71. The highest BCUT2D eigenvalue weighted by Crippen LogP contribution is 2.18. The molecule has 0 aliphatic rings. The predicted molar refractivity (Wildman–Crippen MR) is 54.8 cm³/mol. The topological polar surface area (TPSA) is 12.9 Å². The molecule has 0 unspecified atom stereocenters. The number of hydrogen-bond donors (Lipinski definition) is 0. The lowest BCUT2D eigenvalue weighted by Crippen LogP contribution is -1.83. The lowest BCUT2D eigenvalue weighted by atomic mass is 10.2. The van der Waals surface area contributed by atoms with Gasteiger partial charge in [0, 0.05) is 6.20 Å². The van der Waals surface area contributed by atoms with E-state index in [-0.39, 0.29) is 0 Å². The summed E-state index contributed by atoms with van der Waals surface area (Å²) in [5.74, 6) is 0. The number of pyridine rings is 1. The van der Waals surface area contributed by atoms with Crippen molar-refractivity contribution < 1.29 is 0 Å². The minimum absolute atomic E-state index is 0.909. The SMILES string of the molecule is Cc1cccnc1C=C(Br)Br. The molecule has 0 aliphatic heterocycles. The van der Waals surface area contributed by atoms with Crippen molar-refractivity contribution in [2.75, 3.05) is 0 Å². The van der Waals surface area contributed by atoms with Crippen molar-refractivity contribution in [3.63, 3.8) is 0 Å². The molecule has 58 valence electrons. The molecule has 0 aromatic carbocycles. The van der Waals surface area contributed by atoms with E-state index in [4.69, 9.17) is 0 Å². The van der Waals surface area contributed by atoms with E-state index < -0.39 is 0 Å². The van der Waals surface area contributed by atoms with Crippen molar-refractivity contribution in [3.8, 4) is 0 Å². The molecule has 0 fully saturated rings. The van der Waals surface area contributed by atoms with Gasteiger partial charge in [-0.2, -0.15) is 0 Å². The zero-order valence-electron chi connectivity index (χ0n) is 6.01. The van der Waals surface area contributed by atoms with Crippen LogP contribution in [0.4, 0.5) is 0 Å². The van der Waals surface area contributed by atoms with E-state index in [9.17, 15) is 0 Å². The standard InChI is InChI=1S/C8H7Br2N/c1-6-3-2-4-11-7(6)5-8(9)10/h2-5H,1H3. The van der Waals surface area contributed by atoms with Gasteiger partial charge in [0.25, 0.3) is 0 Å². The summed E-state index contributed by atoms with van der Waals surface area (Å²) < 4.78 is 0.909. The highest BCUT2D eigenvalue weighted by atomic mass is 79.9. The number of aromatic nitrogens is 1. The lowest BCUT2D eigenvalue weighted by molar-refractivity contribution is 1.24. The Bertz CT molecular complexity index is 277. The van der Waals surface area contributed by atoms with Gasteiger partial charge in [0.05, 0.1) is 9.09 Å². The fourth-order valence-electron chi connectivity index (χ4n) is 0.752. The summed E-state index contributed by atoms with van der Waals surface area (Å²) >= 11 is 6.57. The molecule has 1 rings (SSSR count). The van der Waals surface area contributed by atoms with E-state index >= 15 is 0 Å². The molecule has 0 amide bonds. The Labute approximate surface area is 82.8 Å². The van der Waals surface area contributed by atoms with Crippen LogP contribution in [0.2, 0.25) is 0 Å². The Kier molecular flexibility index (Phi) is 3.27. The van der Waals surface area contributed by atoms with Crippen molar-refractivity contribution >= 4 is 37.9 Å². The highest BCUT2D eigenvalue weighted by Gasteiger charge is 1.93. The average Bonchev–Trinajstić information content (AvgIpc) is 1.93. The Hall–Kier alpha value is -0.150. The van der Waals surface area contributed by atoms with E-state index in [1.54, 1.807) is 6.20 Å². The molecule has 1 aromatic rings. The Morgan fingerprint density at radius 3 is 2.82 bits per heavy atom. The second-order valence-corrected chi connectivity index (χ2v) is 4.91. The molecule has 0 bridgehead atoms. The molecule has 1 nitrogen and oxygen atoms in total. The summed E-state index contributed by atoms with van der Waals surface area (Å²) in [7, 11) is 0. The number of nitrogens with zero attached hydrogens (tertiary/aromatic N) is 1. The van der Waals surface area contributed by atoms with Gasteiger partial charge in [-0.15, -0.1) is 0 Å². The molecule has 3 heteroatoms. The fraction of sp³-hybridized carbons (Fsp3) is 0.125. The summed E-state index contributed by atoms with van der Waals surface area (Å²) in [6, 6.07) is 3.95. The number of aryl methyl sites for hydroxylation is 1. The van der Waals surface area contributed by atoms with Crippen LogP contribution in [0.3, 0.4) is 0 Å². The maximum atomic E-state index is 4.18. The number of rotatable bonds is 1. The third kappa shape index (κ3) is 2.75. The highest BCUT2D eigenvalue weighted by molar-refractivity contribution is 9.28. The Morgan fingerprint density at radius 2 is 2.27 bits per heavy atom. The van der Waals surface area contributed by atoms with E-state index in [1.807, 2.05) is 25.1 Å². The Balaban J connectivity index is 3.04. The zero-order valence-corrected chi connectivity index (χ0v) is 9.18. The maximum absolute atomic E-state index is 4.18. The van der Waals surface area contributed by atoms with Crippen molar-refractivity contribution in [2.24, 2.45) is 0 Å². The van der Waals surface area contributed by atoms with Crippen LogP contribution in [0.15, 0.2) is 21.7 Å². The largest absolute Gasteiger partial charge is 0.257 e. The summed E-state index contributed by atoms with van der Waals surface area (Å²) in [6.45, 7) is 2.03. The van der Waals surface area contributed by atoms with Crippen LogP contribution in [-0.2, 0) is 0 Å². The molecular weight excluding hydrogens is 270 g/mol. The van der Waals surface area contributed by atoms with E-state index in [1.165, 1.54) is 5.56 Å². The summed E-state index contributed by atoms with van der Waals surface area (Å²) in [4.78, 5) is 4.18. The molecule has 0 aliphatic carbocycles. The van der Waals surface area contributed by atoms with Gasteiger partial charge in [-0.05, 0) is 56.5 Å². The molecule has 1 heterocycles. The van der Waals surface area contributed by atoms with Crippen LogP contribution in [0.25, 0.3) is 6.08 Å². The van der Waals surface area contributed by atoms with E-state index in [0.29, 0.717) is 0 Å². The van der Waals surface area contributed by atoms with Crippen LogP contribution in [0.1, 0.15) is 11.3 Å². The van der Waals surface area contributed by atoms with E-state index in [0.717, 1.165) is 9.09 Å². The van der Waals surface area contributed by atoms with Crippen molar-refractivity contribution in [2.45, 2.75) is 6.92 Å². The second-order valence-electron chi connectivity index (χ2n) is 2.14. The molecule has 0 saturated heterocycles. The molecular formula is C8H7Br2N. The minimum Gasteiger partial charge on any atom is -0.257 e. The van der Waals surface area contributed by atoms with Gasteiger partial charge in [-0.3, -0.25) is 4.98 Å². The fourth-order valence-corrected chi connectivity index (χ4v) is 1.19. The smallest absolute Gasteiger partial charge is 0.0675 e. The first-order valence-electron chi connectivity index (χ1n) is 3.14. The first-order chi connectivity index (χ1) is 5.20. The quantitative estimate of drug-likeness (QED) is 0.765. The first kappa shape index (κ1) is 8.94. The van der Waals surface area contributed by atoms with Crippen molar-refractivity contribution in [1.29, 1.82) is 0 Å². The third-order valence-electron chi connectivity index (χ3n) is 1.30. The summed E-state index contributed by atoms with van der Waals surface area (Å²) in [5, 5.41) is 0. The van der Waals surface area contributed by atoms with Crippen LogP contribution >= 0.6 is 31.9 Å². The monoisotopic (exact) mass is 275 g/mol. The molecule has 11 heavy (non-hydrogen) atoms. The number of hydrogen-bond acceptors (Lipinski definition) is 1. The second kappa shape index (κ2) is 4.02. The zero-order chi connectivity index (χ0) is 8.27. The van der Waals surface area contributed by atoms with Crippen molar-refractivity contribution in [3.05, 3.63) is 33.0 Å². The normalized spacial score (nSPS) is 9.36. The van der Waals surface area contributed by atoms with Crippen LogP contribution in [0.5, 0.6) is 0 Å². The Morgan fingerprint density at radius 1 is 1.55 bits per heavy atom. The predicted octanol–water partition coefficient (Wildman–Crippen LogP) is 3.48. The first-order valence-corrected chi connectivity index (χ1v) is 4.73. The minimum atomic E-state index is 0.909. The van der Waals surface area contributed by atoms with Gasteiger partial charge in [-0.25, -0.2) is 0 Å². The van der Waals surface area contributed by atoms with Gasteiger partial charge >= 0.3 is 0 Å². The molecule has 0 radical (unpaired) electrons. The van der Waals surface area contributed by atoms with Gasteiger partial charge in [-0.1, -0.05) is 6.07 Å². The lowest BCUT2D eigenvalue weighted by Gasteiger charge is -1.96. The molecule has 1 aromatic heterocycles. The maximum Gasteiger partial charge on any atom is 0.0675 e. The van der Waals surface area contributed by atoms with Gasteiger partial charge in [0.1, 0.15) is 0 Å². The summed E-state index contributed by atoms with van der Waals surface area (Å²) in [5.41, 5.74) is 2.15. The molecule has 0 spiro atoms. The van der Waals surface area contributed by atoms with Crippen LogP contribution < -0.4 is 0 Å². The van der Waals surface area contributed by atoms with Crippen molar-refractivity contribution in [1.82, 2.24) is 4.98 Å². The van der Waals surface area contributed by atoms with Gasteiger partial charge in [0.2, 0.25) is 0 Å². The van der Waals surface area contributed by atoms with Gasteiger partial charge in [0.15, 0.2) is 0 Å². The molecule has 0 saturated carbocycles. The molecule has 0 N–H and O–H groups in total. The van der Waals surface area contributed by atoms with Gasteiger partial charge < -0.3 is 0 Å². The van der Waals surface area contributed by atoms with Crippen LogP contribution in [0, 0.1) is 6.92 Å². The molecule has 0 atom stereocenters. The average molecular weight is 277 g/mol.